The lowest BCUT2D eigenvalue weighted by molar-refractivity contribution is 0.828. The van der Waals surface area contributed by atoms with Crippen LogP contribution in [0.2, 0.25) is 0 Å². The summed E-state index contributed by atoms with van der Waals surface area (Å²) in [5.74, 6) is 0. The number of aromatic nitrogens is 1. The molecule has 0 aromatic carbocycles. The largest absolute Gasteiger partial charge is 0.384 e. The molecule has 0 radical (unpaired) electrons. The first-order chi connectivity index (χ1) is 7.22. The molecule has 2 rings (SSSR count). The third-order valence-corrected chi connectivity index (χ3v) is 2.76. The van der Waals surface area contributed by atoms with E-state index in [0.29, 0.717) is 5.54 Å². The van der Waals surface area contributed by atoms with E-state index in [-0.39, 0.29) is 0 Å². The van der Waals surface area contributed by atoms with E-state index in [1.807, 2.05) is 12.4 Å². The highest BCUT2D eigenvalue weighted by Crippen LogP contribution is 2.38. The molecule has 0 amide bonds. The molecule has 2 N–H and O–H groups in total. The van der Waals surface area contributed by atoms with Gasteiger partial charge in [0, 0.05) is 12.1 Å². The van der Waals surface area contributed by atoms with Crippen molar-refractivity contribution in [2.75, 3.05) is 17.2 Å². The Morgan fingerprint density at radius 3 is 2.73 bits per heavy atom. The molecule has 0 atom stereocenters. The molecule has 0 unspecified atom stereocenters. The van der Waals surface area contributed by atoms with E-state index in [0.717, 1.165) is 24.3 Å². The highest BCUT2D eigenvalue weighted by atomic mass is 15.0. The van der Waals surface area contributed by atoms with Crippen LogP contribution in [0.3, 0.4) is 0 Å². The van der Waals surface area contributed by atoms with Gasteiger partial charge in [-0.1, -0.05) is 6.92 Å². The average molecular weight is 205 g/mol. The normalized spacial score (nSPS) is 17.2. The number of nitrogens with one attached hydrogen (secondary N) is 2. The molecule has 1 saturated carbocycles. The summed E-state index contributed by atoms with van der Waals surface area (Å²) in [5.41, 5.74) is 2.55. The van der Waals surface area contributed by atoms with Gasteiger partial charge in [-0.2, -0.15) is 0 Å². The predicted molar refractivity (Wildman–Crippen MR) is 64.3 cm³/mol. The van der Waals surface area contributed by atoms with Gasteiger partial charge in [0.25, 0.3) is 0 Å². The molecular weight excluding hydrogens is 186 g/mol. The molecule has 0 saturated heterocycles. The van der Waals surface area contributed by atoms with Crippen LogP contribution in [0.4, 0.5) is 11.4 Å². The lowest BCUT2D eigenvalue weighted by Crippen LogP contribution is -2.16. The number of pyridine rings is 1. The van der Waals surface area contributed by atoms with Crippen LogP contribution in [-0.2, 0) is 0 Å². The molecule has 1 aliphatic rings. The van der Waals surface area contributed by atoms with Gasteiger partial charge < -0.3 is 10.6 Å². The Labute approximate surface area is 91.3 Å². The lowest BCUT2D eigenvalue weighted by atomic mass is 10.3. The van der Waals surface area contributed by atoms with Crippen molar-refractivity contribution in [1.29, 1.82) is 0 Å². The second-order valence-electron chi connectivity index (χ2n) is 4.57. The SMILES string of the molecule is CCCNc1cncc(NC2(C)CC2)c1. The molecular formula is C12H19N3. The highest BCUT2D eigenvalue weighted by molar-refractivity contribution is 5.55. The number of hydrogen-bond acceptors (Lipinski definition) is 3. The van der Waals surface area contributed by atoms with Gasteiger partial charge in [-0.25, -0.2) is 0 Å². The van der Waals surface area contributed by atoms with E-state index in [9.17, 15) is 0 Å². The standard InChI is InChI=1S/C12H19N3/c1-3-6-14-10-7-11(9-13-8-10)15-12(2)4-5-12/h7-9,14-15H,3-6H2,1-2H3. The first kappa shape index (κ1) is 10.3. The highest BCUT2D eigenvalue weighted by Gasteiger charge is 2.36. The maximum absolute atomic E-state index is 4.22. The van der Waals surface area contributed by atoms with E-state index in [1.54, 1.807) is 0 Å². The molecule has 82 valence electrons. The maximum atomic E-state index is 4.22. The van der Waals surface area contributed by atoms with Crippen LogP contribution in [0.25, 0.3) is 0 Å². The summed E-state index contributed by atoms with van der Waals surface area (Å²) in [7, 11) is 0. The van der Waals surface area contributed by atoms with Gasteiger partial charge in [0.05, 0.1) is 23.8 Å². The molecule has 0 spiro atoms. The minimum Gasteiger partial charge on any atom is -0.384 e. The van der Waals surface area contributed by atoms with Crippen molar-refractivity contribution in [3.05, 3.63) is 18.5 Å². The quantitative estimate of drug-likeness (QED) is 0.776. The first-order valence-corrected chi connectivity index (χ1v) is 5.69. The minimum absolute atomic E-state index is 0.324. The number of anilines is 2. The van der Waals surface area contributed by atoms with Crippen LogP contribution in [0.15, 0.2) is 18.5 Å². The van der Waals surface area contributed by atoms with Crippen LogP contribution in [-0.4, -0.2) is 17.1 Å². The Bertz CT molecular complexity index is 331. The van der Waals surface area contributed by atoms with Gasteiger partial charge in [0.2, 0.25) is 0 Å². The molecule has 3 nitrogen and oxygen atoms in total. The molecule has 1 fully saturated rings. The van der Waals surface area contributed by atoms with Gasteiger partial charge in [-0.05, 0) is 32.3 Å². The van der Waals surface area contributed by atoms with Crippen LogP contribution in [0.5, 0.6) is 0 Å². The van der Waals surface area contributed by atoms with Crippen molar-refractivity contribution in [3.63, 3.8) is 0 Å². The summed E-state index contributed by atoms with van der Waals surface area (Å²) in [6.07, 6.45) is 7.42. The van der Waals surface area contributed by atoms with Gasteiger partial charge in [0.1, 0.15) is 0 Å². The van der Waals surface area contributed by atoms with Gasteiger partial charge in [-0.15, -0.1) is 0 Å². The summed E-state index contributed by atoms with van der Waals surface area (Å²) in [6.45, 7) is 5.41. The minimum atomic E-state index is 0.324. The van der Waals surface area contributed by atoms with Crippen LogP contribution < -0.4 is 10.6 Å². The fourth-order valence-corrected chi connectivity index (χ4v) is 1.54. The lowest BCUT2D eigenvalue weighted by Gasteiger charge is -2.13. The fourth-order valence-electron chi connectivity index (χ4n) is 1.54. The van der Waals surface area contributed by atoms with Crippen LogP contribution in [0, 0.1) is 0 Å². The van der Waals surface area contributed by atoms with E-state index in [2.05, 4.69) is 35.5 Å². The van der Waals surface area contributed by atoms with Gasteiger partial charge in [0.15, 0.2) is 0 Å². The summed E-state index contributed by atoms with van der Waals surface area (Å²) in [4.78, 5) is 4.22. The Morgan fingerprint density at radius 1 is 1.33 bits per heavy atom. The Kier molecular flexibility index (Phi) is 2.80. The zero-order valence-electron chi connectivity index (χ0n) is 9.51. The van der Waals surface area contributed by atoms with E-state index < -0.39 is 0 Å². The Morgan fingerprint density at radius 2 is 2.07 bits per heavy atom. The second-order valence-corrected chi connectivity index (χ2v) is 4.57. The zero-order valence-corrected chi connectivity index (χ0v) is 9.51. The molecule has 1 aromatic heterocycles. The molecule has 1 heterocycles. The Hall–Kier alpha value is -1.25. The summed E-state index contributed by atoms with van der Waals surface area (Å²) in [6, 6.07) is 2.13. The average Bonchev–Trinajstić information content (AvgIpc) is 2.93. The summed E-state index contributed by atoms with van der Waals surface area (Å²) >= 11 is 0. The first-order valence-electron chi connectivity index (χ1n) is 5.69. The van der Waals surface area contributed by atoms with E-state index >= 15 is 0 Å². The van der Waals surface area contributed by atoms with Crippen molar-refractivity contribution < 1.29 is 0 Å². The van der Waals surface area contributed by atoms with Crippen molar-refractivity contribution in [2.45, 2.75) is 38.6 Å². The van der Waals surface area contributed by atoms with E-state index in [1.165, 1.54) is 12.8 Å². The third-order valence-electron chi connectivity index (χ3n) is 2.76. The number of rotatable bonds is 5. The monoisotopic (exact) mass is 205 g/mol. The molecule has 1 aromatic rings. The van der Waals surface area contributed by atoms with E-state index in [4.69, 9.17) is 0 Å². The summed E-state index contributed by atoms with van der Waals surface area (Å²) in [5, 5.41) is 6.84. The van der Waals surface area contributed by atoms with Crippen molar-refractivity contribution in [3.8, 4) is 0 Å². The molecule has 0 aliphatic heterocycles. The molecule has 1 aliphatic carbocycles. The fraction of sp³-hybridized carbons (Fsp3) is 0.583. The number of hydrogen-bond donors (Lipinski definition) is 2. The van der Waals surface area contributed by atoms with Crippen molar-refractivity contribution >= 4 is 11.4 Å². The topological polar surface area (TPSA) is 37.0 Å². The predicted octanol–water partition coefficient (Wildman–Crippen LogP) is 2.87. The molecule has 15 heavy (non-hydrogen) atoms. The van der Waals surface area contributed by atoms with Crippen LogP contribution in [0.1, 0.15) is 33.1 Å². The van der Waals surface area contributed by atoms with Crippen molar-refractivity contribution in [1.82, 2.24) is 4.98 Å². The molecule has 3 heteroatoms. The van der Waals surface area contributed by atoms with Gasteiger partial charge in [-0.3, -0.25) is 4.98 Å². The Balaban J connectivity index is 1.98. The maximum Gasteiger partial charge on any atom is 0.0551 e. The molecule has 0 bridgehead atoms. The van der Waals surface area contributed by atoms with Gasteiger partial charge >= 0.3 is 0 Å². The number of nitrogens with zero attached hydrogens (tertiary/aromatic N) is 1. The smallest absolute Gasteiger partial charge is 0.0551 e. The zero-order chi connectivity index (χ0) is 10.7. The van der Waals surface area contributed by atoms with Crippen molar-refractivity contribution in [2.24, 2.45) is 0 Å². The third kappa shape index (κ3) is 2.85. The second kappa shape index (κ2) is 4.09. The van der Waals surface area contributed by atoms with Crippen LogP contribution >= 0.6 is 0 Å². The summed E-state index contributed by atoms with van der Waals surface area (Å²) < 4.78 is 0.